The minimum Gasteiger partial charge on any atom is -0.354 e. The lowest BCUT2D eigenvalue weighted by atomic mass is 9.99. The third-order valence-corrected chi connectivity index (χ3v) is 5.73. The number of carbonyl (C=O) groups is 3. The van der Waals surface area contributed by atoms with E-state index in [0.29, 0.717) is 29.1 Å². The maximum atomic E-state index is 13.0. The number of amides is 4. The minimum atomic E-state index is -0.559. The summed E-state index contributed by atoms with van der Waals surface area (Å²) in [6, 6.07) is 20.3. The second kappa shape index (κ2) is 9.18. The highest BCUT2D eigenvalue weighted by atomic mass is 16.6. The molecule has 0 atom stereocenters. The lowest BCUT2D eigenvalue weighted by Gasteiger charge is -2.15. The van der Waals surface area contributed by atoms with Crippen molar-refractivity contribution < 1.29 is 19.3 Å². The molecule has 36 heavy (non-hydrogen) atoms. The number of rotatable bonds is 6. The van der Waals surface area contributed by atoms with Crippen molar-refractivity contribution in [2.75, 3.05) is 10.6 Å². The molecule has 0 saturated carbocycles. The summed E-state index contributed by atoms with van der Waals surface area (Å²) in [4.78, 5) is 47.0. The molecule has 0 aromatic heterocycles. The van der Waals surface area contributed by atoms with Crippen molar-refractivity contribution >= 4 is 46.2 Å². The van der Waals surface area contributed by atoms with Crippen LogP contribution in [0.2, 0.25) is 0 Å². The average molecular weight is 481 g/mol. The van der Waals surface area contributed by atoms with Crippen LogP contribution in [0.4, 0.5) is 21.9 Å². The third-order valence-electron chi connectivity index (χ3n) is 5.73. The molecule has 2 aliphatic rings. The Morgan fingerprint density at radius 3 is 2.42 bits per heavy atom. The van der Waals surface area contributed by atoms with Gasteiger partial charge in [0.05, 0.1) is 16.2 Å². The number of imide groups is 1. The Kier molecular flexibility index (Phi) is 5.75. The van der Waals surface area contributed by atoms with E-state index in [0.717, 1.165) is 11.1 Å². The lowest BCUT2D eigenvalue weighted by molar-refractivity contribution is -0.384. The second-order valence-corrected chi connectivity index (χ2v) is 8.11. The van der Waals surface area contributed by atoms with Crippen LogP contribution in [-0.4, -0.2) is 22.8 Å². The molecule has 178 valence electrons. The third kappa shape index (κ3) is 4.42. The quantitative estimate of drug-likeness (QED) is 0.183. The summed E-state index contributed by atoms with van der Waals surface area (Å²) < 4.78 is 0. The van der Waals surface area contributed by atoms with Crippen LogP contribution in [0, 0.1) is 10.1 Å². The zero-order valence-corrected chi connectivity index (χ0v) is 18.7. The molecule has 2 aliphatic heterocycles. The van der Waals surface area contributed by atoms with Gasteiger partial charge >= 0.3 is 6.03 Å². The van der Waals surface area contributed by atoms with Gasteiger partial charge in [0.2, 0.25) is 0 Å². The van der Waals surface area contributed by atoms with Crippen molar-refractivity contribution in [2.45, 2.75) is 6.42 Å². The number of hydrogen-bond donors (Lipinski definition) is 4. The van der Waals surface area contributed by atoms with Crippen LogP contribution in [-0.2, 0) is 16.0 Å². The van der Waals surface area contributed by atoms with Gasteiger partial charge in [-0.1, -0.05) is 48.5 Å². The molecule has 5 rings (SSSR count). The van der Waals surface area contributed by atoms with Crippen LogP contribution in [0.3, 0.4) is 0 Å². The summed E-state index contributed by atoms with van der Waals surface area (Å²) >= 11 is 0. The van der Waals surface area contributed by atoms with Gasteiger partial charge in [0.1, 0.15) is 5.70 Å². The highest BCUT2D eigenvalue weighted by Crippen LogP contribution is 2.39. The Bertz CT molecular complexity index is 1490. The van der Waals surface area contributed by atoms with E-state index in [2.05, 4.69) is 21.3 Å². The second-order valence-electron chi connectivity index (χ2n) is 8.11. The van der Waals surface area contributed by atoms with Gasteiger partial charge in [-0.3, -0.25) is 25.0 Å². The topological polar surface area (TPSA) is 142 Å². The zero-order chi connectivity index (χ0) is 25.2. The van der Waals surface area contributed by atoms with E-state index in [1.165, 1.54) is 18.2 Å². The van der Waals surface area contributed by atoms with Crippen molar-refractivity contribution in [1.82, 2.24) is 10.6 Å². The minimum absolute atomic E-state index is 0.117. The number of nitrogens with zero attached hydrogens (tertiary/aromatic N) is 1. The first-order valence-electron chi connectivity index (χ1n) is 11.0. The van der Waals surface area contributed by atoms with Gasteiger partial charge in [-0.25, -0.2) is 4.79 Å². The molecule has 0 unspecified atom stereocenters. The molecular formula is C26H19N5O5. The number of fused-ring (bicyclic) bond motifs is 1. The number of carbonyl (C=O) groups excluding carboxylic acids is 3. The summed E-state index contributed by atoms with van der Waals surface area (Å²) in [6.45, 7) is 0. The number of nitrogens with one attached hydrogen (secondary N) is 4. The van der Waals surface area contributed by atoms with E-state index in [1.54, 1.807) is 6.08 Å². The van der Waals surface area contributed by atoms with Crippen molar-refractivity contribution in [3.8, 4) is 0 Å². The molecule has 0 bridgehead atoms. The standard InChI is InChI=1S/C26H19N5O5/c32-24-21(29-26(34)30-24)11-9-15-5-4-8-17(13-15)27-23(16-6-2-1-3-7-16)22-19-14-18(31(35)36)10-12-20(19)28-25(22)33/h1-8,10-14,27H,9H2,(H,28,33)(H2,29,30,32,34). The van der Waals surface area contributed by atoms with E-state index in [1.807, 2.05) is 54.6 Å². The fraction of sp³-hybridized carbons (Fsp3) is 0.0385. The summed E-state index contributed by atoms with van der Waals surface area (Å²) in [5.74, 6) is -0.855. The molecule has 2 heterocycles. The summed E-state index contributed by atoms with van der Waals surface area (Å²) in [5.41, 5.74) is 4.02. The molecule has 10 nitrogen and oxygen atoms in total. The fourth-order valence-corrected chi connectivity index (χ4v) is 4.07. The Balaban J connectivity index is 1.54. The monoisotopic (exact) mass is 481 g/mol. The molecule has 1 fully saturated rings. The van der Waals surface area contributed by atoms with Crippen molar-refractivity contribution in [3.05, 3.63) is 111 Å². The van der Waals surface area contributed by atoms with E-state index in [4.69, 9.17) is 0 Å². The van der Waals surface area contributed by atoms with Crippen LogP contribution in [0.25, 0.3) is 11.3 Å². The van der Waals surface area contributed by atoms with Crippen molar-refractivity contribution in [2.24, 2.45) is 0 Å². The molecule has 0 aliphatic carbocycles. The fourth-order valence-electron chi connectivity index (χ4n) is 4.07. The molecule has 3 aromatic rings. The first-order chi connectivity index (χ1) is 17.4. The van der Waals surface area contributed by atoms with Crippen molar-refractivity contribution in [1.29, 1.82) is 0 Å². The van der Waals surface area contributed by atoms with Crippen LogP contribution >= 0.6 is 0 Å². The number of non-ortho nitro benzene ring substituents is 1. The first-order valence-corrected chi connectivity index (χ1v) is 11.0. The SMILES string of the molecule is O=C1NC(=O)C(=CCc2cccc(NC(=C3C(=O)Nc4ccc([N+](=O)[O-])cc43)c3ccccc3)c2)N1. The molecule has 4 N–H and O–H groups in total. The Morgan fingerprint density at radius 2 is 1.69 bits per heavy atom. The summed E-state index contributed by atoms with van der Waals surface area (Å²) in [6.07, 6.45) is 2.00. The normalized spacial score (nSPS) is 16.8. The van der Waals surface area contributed by atoms with Gasteiger partial charge in [0.15, 0.2) is 0 Å². The van der Waals surface area contributed by atoms with Gasteiger partial charge in [-0.05, 0) is 35.7 Å². The molecule has 1 saturated heterocycles. The van der Waals surface area contributed by atoms with E-state index < -0.39 is 16.9 Å². The molecule has 4 amide bonds. The number of urea groups is 1. The van der Waals surface area contributed by atoms with Crippen LogP contribution in [0.5, 0.6) is 0 Å². The highest BCUT2D eigenvalue weighted by molar-refractivity contribution is 6.37. The predicted octanol–water partition coefficient (Wildman–Crippen LogP) is 3.79. The lowest BCUT2D eigenvalue weighted by Crippen LogP contribution is -2.22. The molecule has 0 radical (unpaired) electrons. The number of nitro benzene ring substituents is 1. The summed E-state index contributed by atoms with van der Waals surface area (Å²) in [5, 5.41) is 22.1. The number of hydrogen-bond acceptors (Lipinski definition) is 6. The van der Waals surface area contributed by atoms with Gasteiger partial charge < -0.3 is 16.0 Å². The Labute approximate surface area is 204 Å². The number of benzene rings is 3. The van der Waals surface area contributed by atoms with Gasteiger partial charge in [-0.2, -0.15) is 0 Å². The number of nitro groups is 1. The highest BCUT2D eigenvalue weighted by Gasteiger charge is 2.30. The largest absolute Gasteiger partial charge is 0.354 e. The van der Waals surface area contributed by atoms with Gasteiger partial charge in [0.25, 0.3) is 17.5 Å². The molecule has 10 heteroatoms. The van der Waals surface area contributed by atoms with E-state index in [-0.39, 0.29) is 22.9 Å². The predicted molar refractivity (Wildman–Crippen MR) is 134 cm³/mol. The Hall–Kier alpha value is -5.25. The first kappa shape index (κ1) is 22.5. The van der Waals surface area contributed by atoms with E-state index >= 15 is 0 Å². The van der Waals surface area contributed by atoms with Crippen LogP contribution in [0.1, 0.15) is 16.7 Å². The maximum absolute atomic E-state index is 13.0. The molecule has 0 spiro atoms. The summed E-state index contributed by atoms with van der Waals surface area (Å²) in [7, 11) is 0. The van der Waals surface area contributed by atoms with Crippen molar-refractivity contribution in [3.63, 3.8) is 0 Å². The average Bonchev–Trinajstić information content (AvgIpc) is 3.38. The zero-order valence-electron chi connectivity index (χ0n) is 18.7. The van der Waals surface area contributed by atoms with Gasteiger partial charge in [-0.15, -0.1) is 0 Å². The van der Waals surface area contributed by atoms with Crippen LogP contribution < -0.4 is 21.3 Å². The number of anilines is 2. The van der Waals surface area contributed by atoms with Gasteiger partial charge in [0, 0.05) is 29.1 Å². The maximum Gasteiger partial charge on any atom is 0.326 e. The molecule has 3 aromatic carbocycles. The number of allylic oxidation sites excluding steroid dienone is 1. The van der Waals surface area contributed by atoms with E-state index in [9.17, 15) is 24.5 Å². The smallest absolute Gasteiger partial charge is 0.326 e. The van der Waals surface area contributed by atoms with Crippen LogP contribution in [0.15, 0.2) is 84.6 Å². The Morgan fingerprint density at radius 1 is 0.889 bits per heavy atom. The molecular weight excluding hydrogens is 462 g/mol.